The largest absolute Gasteiger partial charge is 0.394 e. The number of amides is 1. The lowest BCUT2D eigenvalue weighted by Crippen LogP contribution is -2.65. The molecular weight excluding hydrogens is 1230 g/mol. The number of hydrogen-bond donors (Lipinski definition) is 9. The van der Waals surface area contributed by atoms with E-state index in [0.29, 0.717) is 12.8 Å². The molecule has 2 fully saturated rings. The summed E-state index contributed by atoms with van der Waals surface area (Å²) in [5.41, 5.74) is 0. The zero-order valence-electron chi connectivity index (χ0n) is 63.0. The Labute approximate surface area is 600 Å². The Morgan fingerprint density at radius 3 is 1.06 bits per heavy atom. The fourth-order valence-electron chi connectivity index (χ4n) is 13.6. The van der Waals surface area contributed by atoms with Gasteiger partial charge in [0.25, 0.3) is 0 Å². The third kappa shape index (κ3) is 50.2. The van der Waals surface area contributed by atoms with E-state index in [1.165, 1.54) is 289 Å². The van der Waals surface area contributed by atoms with Gasteiger partial charge in [-0.05, 0) is 77.0 Å². The van der Waals surface area contributed by atoms with Crippen molar-refractivity contribution in [1.82, 2.24) is 5.32 Å². The van der Waals surface area contributed by atoms with Crippen LogP contribution in [0.5, 0.6) is 0 Å². The molecule has 2 saturated heterocycles. The summed E-state index contributed by atoms with van der Waals surface area (Å²) in [6, 6.07) is -0.941. The summed E-state index contributed by atoms with van der Waals surface area (Å²) in [5.74, 6) is -0.247. The molecule has 12 atom stereocenters. The van der Waals surface area contributed by atoms with Gasteiger partial charge < -0.3 is 65.1 Å². The van der Waals surface area contributed by atoms with E-state index in [9.17, 15) is 45.6 Å². The van der Waals surface area contributed by atoms with Crippen molar-refractivity contribution in [1.29, 1.82) is 0 Å². The van der Waals surface area contributed by atoms with Crippen LogP contribution in [0.4, 0.5) is 0 Å². The van der Waals surface area contributed by atoms with Crippen molar-refractivity contribution < 1.29 is 64.6 Å². The molecule has 14 heteroatoms. The van der Waals surface area contributed by atoms with Gasteiger partial charge in [0.2, 0.25) is 5.91 Å². The minimum Gasteiger partial charge on any atom is -0.394 e. The zero-order chi connectivity index (χ0) is 70.8. The van der Waals surface area contributed by atoms with Gasteiger partial charge in [-0.3, -0.25) is 4.79 Å². The second-order valence-corrected chi connectivity index (χ2v) is 29.2. The first-order valence-electron chi connectivity index (χ1n) is 41.5. The number of hydrogen-bond acceptors (Lipinski definition) is 13. The summed E-state index contributed by atoms with van der Waals surface area (Å²) in [6.07, 6.45) is 76.1. The molecule has 98 heavy (non-hydrogen) atoms. The Balaban J connectivity index is 1.62. The highest BCUT2D eigenvalue weighted by molar-refractivity contribution is 5.76. The van der Waals surface area contributed by atoms with E-state index in [1.807, 2.05) is 6.08 Å². The van der Waals surface area contributed by atoms with E-state index in [1.54, 1.807) is 6.08 Å². The Kier molecular flexibility index (Phi) is 63.5. The van der Waals surface area contributed by atoms with Crippen LogP contribution in [0.25, 0.3) is 0 Å². The second-order valence-electron chi connectivity index (χ2n) is 29.2. The van der Waals surface area contributed by atoms with Crippen molar-refractivity contribution in [3.8, 4) is 0 Å². The Morgan fingerprint density at radius 2 is 0.684 bits per heavy atom. The van der Waals surface area contributed by atoms with E-state index in [2.05, 4.69) is 67.8 Å². The van der Waals surface area contributed by atoms with E-state index in [4.69, 9.17) is 18.9 Å². The predicted octanol–water partition coefficient (Wildman–Crippen LogP) is 19.1. The first-order chi connectivity index (χ1) is 48.1. The van der Waals surface area contributed by atoms with Crippen LogP contribution in [0.3, 0.4) is 0 Å². The van der Waals surface area contributed by atoms with Gasteiger partial charge in [0.05, 0.1) is 32.0 Å². The number of unbranched alkanes of at least 4 members (excludes halogenated alkanes) is 49. The minimum absolute atomic E-state index is 0.247. The van der Waals surface area contributed by atoms with Crippen molar-refractivity contribution in [2.24, 2.45) is 0 Å². The maximum absolute atomic E-state index is 13.4. The second kappa shape index (κ2) is 67.8. The van der Waals surface area contributed by atoms with Crippen molar-refractivity contribution in [2.75, 3.05) is 19.8 Å². The third-order valence-electron chi connectivity index (χ3n) is 20.2. The third-order valence-corrected chi connectivity index (χ3v) is 20.2. The number of aliphatic hydroxyl groups is 8. The van der Waals surface area contributed by atoms with Gasteiger partial charge in [-0.2, -0.15) is 0 Å². The zero-order valence-corrected chi connectivity index (χ0v) is 63.0. The van der Waals surface area contributed by atoms with Crippen molar-refractivity contribution in [2.45, 2.75) is 447 Å². The molecule has 0 aromatic carbocycles. The lowest BCUT2D eigenvalue weighted by Gasteiger charge is -2.46. The first kappa shape index (κ1) is 91.8. The van der Waals surface area contributed by atoms with Gasteiger partial charge in [-0.25, -0.2) is 0 Å². The molecule has 1 amide bonds. The maximum atomic E-state index is 13.4. The molecule has 2 aliphatic heterocycles. The predicted molar refractivity (Wildman–Crippen MR) is 406 cm³/mol. The number of aliphatic hydroxyl groups excluding tert-OH is 8. The molecule has 0 spiro atoms. The molecule has 0 aliphatic carbocycles. The average molecular weight is 1390 g/mol. The standard InChI is InChI=1S/C84H155NO13/c1-3-5-7-9-11-13-15-17-19-21-23-25-27-29-31-33-35-36-38-40-42-44-46-48-50-52-54-56-58-60-62-64-66-68-76(89)85-72(71-95-83-81(94)79(92)82(75(70-87)97-83)98-84-80(93)78(91)77(90)74(69-86)96-84)73(88)67-65-63-61-59-57-55-53-51-49-47-45-43-41-39-37-34-32-30-28-26-24-22-20-18-16-14-12-10-8-6-4-2/h15,17,21,23,49,51,57,59,65,67,72-75,77-84,86-88,90-94H,3-14,16,18-20,22,24-48,50,52-56,58,60-64,66,68-71H2,1-2H3,(H,85,89)/b17-15-,23-21-,51-49+,59-57+,67-65+. The SMILES string of the molecule is CCCCCCC/C=C\C/C=C\CCCCCCCCCCCCCCCCCCCCCCCC(=O)NC(COC1OC(CO)C(OC2OC(CO)C(O)C(O)C2O)C(O)C1O)C(O)/C=C/CC/C=C/CC/C=C/CCCCCCCCCCCCCCCCCCCCCCC. The number of rotatable bonds is 70. The van der Waals surface area contributed by atoms with Crippen molar-refractivity contribution >= 4 is 5.91 Å². The fraction of sp³-hybridized carbons (Fsp3) is 0.869. The monoisotopic (exact) mass is 1390 g/mol. The van der Waals surface area contributed by atoms with Gasteiger partial charge in [0.15, 0.2) is 12.6 Å². The molecule has 574 valence electrons. The highest BCUT2D eigenvalue weighted by Gasteiger charge is 2.51. The molecule has 14 nitrogen and oxygen atoms in total. The highest BCUT2D eigenvalue weighted by Crippen LogP contribution is 2.30. The van der Waals surface area contributed by atoms with Crippen LogP contribution in [-0.2, 0) is 23.7 Å². The van der Waals surface area contributed by atoms with Crippen LogP contribution in [0.2, 0.25) is 0 Å². The van der Waals surface area contributed by atoms with Gasteiger partial charge in [0, 0.05) is 6.42 Å². The van der Waals surface area contributed by atoms with Crippen LogP contribution in [-0.4, -0.2) is 140 Å². The van der Waals surface area contributed by atoms with Gasteiger partial charge in [0.1, 0.15) is 48.8 Å². The molecule has 0 radical (unpaired) electrons. The first-order valence-corrected chi connectivity index (χ1v) is 41.5. The van der Waals surface area contributed by atoms with Crippen molar-refractivity contribution in [3.63, 3.8) is 0 Å². The van der Waals surface area contributed by atoms with Crippen LogP contribution >= 0.6 is 0 Å². The van der Waals surface area contributed by atoms with E-state index in [0.717, 1.165) is 51.4 Å². The summed E-state index contributed by atoms with van der Waals surface area (Å²) in [7, 11) is 0. The molecule has 2 heterocycles. The fourth-order valence-corrected chi connectivity index (χ4v) is 13.6. The summed E-state index contributed by atoms with van der Waals surface area (Å²) in [4.78, 5) is 13.4. The smallest absolute Gasteiger partial charge is 0.220 e. The summed E-state index contributed by atoms with van der Waals surface area (Å²) in [6.45, 7) is 2.82. The van der Waals surface area contributed by atoms with E-state index < -0.39 is 86.8 Å². The number of carbonyl (C=O) groups excluding carboxylic acids is 1. The van der Waals surface area contributed by atoms with Crippen molar-refractivity contribution in [3.05, 3.63) is 60.8 Å². The molecule has 0 bridgehead atoms. The molecule has 0 saturated carbocycles. The lowest BCUT2D eigenvalue weighted by molar-refractivity contribution is -0.359. The molecule has 2 aliphatic rings. The van der Waals surface area contributed by atoms with E-state index >= 15 is 0 Å². The lowest BCUT2D eigenvalue weighted by atomic mass is 9.97. The average Bonchev–Trinajstić information content (AvgIpc) is 0.793. The summed E-state index contributed by atoms with van der Waals surface area (Å²) < 4.78 is 22.9. The van der Waals surface area contributed by atoms with Crippen LogP contribution in [0.15, 0.2) is 60.8 Å². The maximum Gasteiger partial charge on any atom is 0.220 e. The van der Waals surface area contributed by atoms with Crippen LogP contribution in [0.1, 0.15) is 373 Å². The van der Waals surface area contributed by atoms with E-state index in [-0.39, 0.29) is 18.9 Å². The van der Waals surface area contributed by atoms with Gasteiger partial charge in [-0.1, -0.05) is 351 Å². The van der Waals surface area contributed by atoms with Crippen LogP contribution < -0.4 is 5.32 Å². The Morgan fingerprint density at radius 1 is 0.367 bits per heavy atom. The normalized spacial score (nSPS) is 22.3. The molecule has 0 aromatic heterocycles. The summed E-state index contributed by atoms with van der Waals surface area (Å²) >= 11 is 0. The van der Waals surface area contributed by atoms with Gasteiger partial charge in [-0.15, -0.1) is 0 Å². The Bertz CT molecular complexity index is 1880. The molecule has 9 N–H and O–H groups in total. The molecule has 12 unspecified atom stereocenters. The quantitative estimate of drug-likeness (QED) is 0.0204. The van der Waals surface area contributed by atoms with Crippen LogP contribution in [0, 0.1) is 0 Å². The van der Waals surface area contributed by atoms with Gasteiger partial charge >= 0.3 is 0 Å². The number of allylic oxidation sites excluding steroid dienone is 9. The number of carbonyl (C=O) groups is 1. The Hall–Kier alpha value is -2.31. The molecular formula is C84H155NO13. The topological polar surface area (TPSA) is 228 Å². The molecule has 2 rings (SSSR count). The summed E-state index contributed by atoms with van der Waals surface area (Å²) in [5, 5.41) is 87.7. The minimum atomic E-state index is -1.79. The molecule has 0 aromatic rings. The highest BCUT2D eigenvalue weighted by atomic mass is 16.7. The number of ether oxygens (including phenoxy) is 4. The number of nitrogens with one attached hydrogen (secondary N) is 1.